The molecule has 1 amide bonds. The van der Waals surface area contributed by atoms with Crippen LogP contribution >= 0.6 is 22.9 Å². The van der Waals surface area contributed by atoms with E-state index in [1.54, 1.807) is 11.3 Å². The van der Waals surface area contributed by atoms with Crippen molar-refractivity contribution in [1.29, 1.82) is 0 Å². The Morgan fingerprint density at radius 3 is 2.82 bits per heavy atom. The Hall–Kier alpha value is -2.33. The molecule has 33 heavy (non-hydrogen) atoms. The van der Waals surface area contributed by atoms with E-state index < -0.39 is 11.7 Å². The largest absolute Gasteiger partial charge is 0.379 e. The van der Waals surface area contributed by atoms with Crippen molar-refractivity contribution in [2.24, 2.45) is 0 Å². The summed E-state index contributed by atoms with van der Waals surface area (Å²) >= 11 is 7.44. The highest BCUT2D eigenvalue weighted by Gasteiger charge is 2.24. The Labute approximate surface area is 199 Å². The number of nitrogens with one attached hydrogen (secondary N) is 1. The van der Waals surface area contributed by atoms with E-state index in [1.807, 2.05) is 0 Å². The molecular formula is C23H24ClFN4O3S. The van der Waals surface area contributed by atoms with Gasteiger partial charge >= 0.3 is 0 Å². The number of halogens is 2. The van der Waals surface area contributed by atoms with Gasteiger partial charge < -0.3 is 10.1 Å². The van der Waals surface area contributed by atoms with Crippen molar-refractivity contribution >= 4 is 44.7 Å². The number of anilines is 1. The summed E-state index contributed by atoms with van der Waals surface area (Å²) in [5.41, 5.74) is 1.29. The monoisotopic (exact) mass is 490 g/mol. The van der Waals surface area contributed by atoms with Crippen LogP contribution in [0.5, 0.6) is 0 Å². The van der Waals surface area contributed by atoms with Crippen LogP contribution in [0.25, 0.3) is 10.2 Å². The normalized spacial score (nSPS) is 16.7. The van der Waals surface area contributed by atoms with Gasteiger partial charge in [-0.1, -0.05) is 11.6 Å². The van der Waals surface area contributed by atoms with E-state index in [1.165, 1.54) is 27.6 Å². The van der Waals surface area contributed by atoms with Gasteiger partial charge in [-0.2, -0.15) is 0 Å². The average molecular weight is 491 g/mol. The third kappa shape index (κ3) is 4.68. The summed E-state index contributed by atoms with van der Waals surface area (Å²) in [7, 11) is 0. The van der Waals surface area contributed by atoms with Crippen molar-refractivity contribution < 1.29 is 13.9 Å². The Morgan fingerprint density at radius 2 is 2.03 bits per heavy atom. The fraction of sp³-hybridized carbons (Fsp3) is 0.435. The van der Waals surface area contributed by atoms with E-state index in [0.717, 1.165) is 49.2 Å². The van der Waals surface area contributed by atoms with E-state index in [-0.39, 0.29) is 17.1 Å². The molecule has 0 saturated carbocycles. The number of aromatic nitrogens is 2. The number of fused-ring (bicyclic) bond motifs is 3. The predicted molar refractivity (Wildman–Crippen MR) is 127 cm³/mol. The molecule has 1 aliphatic heterocycles. The van der Waals surface area contributed by atoms with Gasteiger partial charge in [0.05, 0.1) is 30.2 Å². The first-order valence-corrected chi connectivity index (χ1v) is 12.3. The topological polar surface area (TPSA) is 76.5 Å². The molecule has 0 atom stereocenters. The van der Waals surface area contributed by atoms with Gasteiger partial charge in [-0.05, 0) is 49.4 Å². The fourth-order valence-electron chi connectivity index (χ4n) is 4.44. The third-order valence-electron chi connectivity index (χ3n) is 6.13. The number of amides is 1. The smallest absolute Gasteiger partial charge is 0.263 e. The van der Waals surface area contributed by atoms with Crippen LogP contribution in [0.1, 0.15) is 29.1 Å². The lowest BCUT2D eigenvalue weighted by Crippen LogP contribution is -2.39. The molecule has 1 aromatic carbocycles. The van der Waals surface area contributed by atoms with E-state index in [2.05, 4.69) is 10.2 Å². The molecule has 7 nitrogen and oxygen atoms in total. The Balaban J connectivity index is 1.50. The second-order valence-corrected chi connectivity index (χ2v) is 9.87. The first-order valence-electron chi connectivity index (χ1n) is 11.1. The van der Waals surface area contributed by atoms with Crippen LogP contribution in [0, 0.1) is 5.82 Å². The SMILES string of the molecule is O=C(Cn1c(CN2CCOCC2)nc2sc3c(c2c1=O)CCCC3)Nc1ccc(F)c(Cl)c1. The minimum Gasteiger partial charge on any atom is -0.379 e. The number of carbonyl (C=O) groups is 1. The summed E-state index contributed by atoms with van der Waals surface area (Å²) in [5, 5.41) is 3.29. The van der Waals surface area contributed by atoms with Gasteiger partial charge in [-0.3, -0.25) is 19.1 Å². The quantitative estimate of drug-likeness (QED) is 0.591. The molecule has 5 rings (SSSR count). The van der Waals surface area contributed by atoms with E-state index >= 15 is 0 Å². The molecule has 1 saturated heterocycles. The Morgan fingerprint density at radius 1 is 1.24 bits per heavy atom. The number of ether oxygens (including phenoxy) is 1. The molecule has 3 aromatic rings. The maximum atomic E-state index is 13.6. The summed E-state index contributed by atoms with van der Waals surface area (Å²) in [4.78, 5) is 35.6. The minimum absolute atomic E-state index is 0.0778. The lowest BCUT2D eigenvalue weighted by Gasteiger charge is -2.27. The number of benzene rings is 1. The number of rotatable bonds is 5. The van der Waals surface area contributed by atoms with Crippen LogP contribution in [0.4, 0.5) is 10.1 Å². The first-order chi connectivity index (χ1) is 16.0. The van der Waals surface area contributed by atoms with Gasteiger partial charge in [-0.15, -0.1) is 11.3 Å². The average Bonchev–Trinajstić information content (AvgIpc) is 3.18. The molecule has 0 spiro atoms. The minimum atomic E-state index is -0.560. The molecule has 1 fully saturated rings. The second kappa shape index (κ2) is 9.50. The van der Waals surface area contributed by atoms with Gasteiger partial charge in [0.25, 0.3) is 5.56 Å². The Kier molecular flexibility index (Phi) is 6.47. The number of nitrogens with zero attached hydrogens (tertiary/aromatic N) is 3. The second-order valence-electron chi connectivity index (χ2n) is 8.38. The highest BCUT2D eigenvalue weighted by Crippen LogP contribution is 2.34. The maximum absolute atomic E-state index is 13.6. The van der Waals surface area contributed by atoms with Crippen LogP contribution in [0.3, 0.4) is 0 Å². The van der Waals surface area contributed by atoms with Crippen molar-refractivity contribution in [3.05, 3.63) is 55.7 Å². The molecule has 174 valence electrons. The van der Waals surface area contributed by atoms with E-state index in [0.29, 0.717) is 36.7 Å². The summed E-state index contributed by atoms with van der Waals surface area (Å²) in [5.74, 6) is -0.385. The molecular weight excluding hydrogens is 467 g/mol. The number of morpholine rings is 1. The van der Waals surface area contributed by atoms with Crippen LogP contribution in [0.15, 0.2) is 23.0 Å². The van der Waals surface area contributed by atoms with E-state index in [4.69, 9.17) is 21.3 Å². The third-order valence-corrected chi connectivity index (χ3v) is 7.60. The lowest BCUT2D eigenvalue weighted by atomic mass is 9.97. The molecule has 3 heterocycles. The van der Waals surface area contributed by atoms with Crippen molar-refractivity contribution in [3.63, 3.8) is 0 Å². The highest BCUT2D eigenvalue weighted by atomic mass is 35.5. The number of hydrogen-bond donors (Lipinski definition) is 1. The molecule has 2 aromatic heterocycles. The molecule has 0 radical (unpaired) electrons. The highest BCUT2D eigenvalue weighted by molar-refractivity contribution is 7.18. The van der Waals surface area contributed by atoms with Crippen molar-refractivity contribution in [2.75, 3.05) is 31.6 Å². The molecule has 1 N–H and O–H groups in total. The maximum Gasteiger partial charge on any atom is 0.263 e. The van der Waals surface area contributed by atoms with Gasteiger partial charge in [0, 0.05) is 23.7 Å². The van der Waals surface area contributed by atoms with Crippen LogP contribution in [-0.4, -0.2) is 46.7 Å². The van der Waals surface area contributed by atoms with Gasteiger partial charge in [0.2, 0.25) is 5.91 Å². The zero-order valence-electron chi connectivity index (χ0n) is 18.0. The molecule has 10 heteroatoms. The molecule has 1 aliphatic carbocycles. The van der Waals surface area contributed by atoms with Crippen molar-refractivity contribution in [1.82, 2.24) is 14.5 Å². The number of aryl methyl sites for hydroxylation is 2. The van der Waals surface area contributed by atoms with Gasteiger partial charge in [0.15, 0.2) is 0 Å². The number of carbonyl (C=O) groups excluding carboxylic acids is 1. The molecule has 0 unspecified atom stereocenters. The predicted octanol–water partition coefficient (Wildman–Crippen LogP) is 3.60. The Bertz CT molecular complexity index is 1270. The standard InChI is InChI=1S/C23H24ClFN4O3S/c24-16-11-14(5-6-17(16)25)26-20(30)13-29-19(12-28-7-9-32-10-8-28)27-22-21(23(29)31)15-3-1-2-4-18(15)33-22/h5-6,11H,1-4,7-10,12-13H2,(H,26,30). The van der Waals surface area contributed by atoms with Gasteiger partial charge in [0.1, 0.15) is 23.0 Å². The summed E-state index contributed by atoms with van der Waals surface area (Å²) in [6.07, 6.45) is 4.02. The summed E-state index contributed by atoms with van der Waals surface area (Å²) in [6.45, 7) is 3.04. The van der Waals surface area contributed by atoms with E-state index in [9.17, 15) is 14.0 Å². The van der Waals surface area contributed by atoms with Crippen LogP contribution in [0.2, 0.25) is 5.02 Å². The number of hydrogen-bond acceptors (Lipinski definition) is 6. The van der Waals surface area contributed by atoms with Gasteiger partial charge in [-0.25, -0.2) is 9.37 Å². The number of thiophene rings is 1. The summed E-state index contributed by atoms with van der Waals surface area (Å²) in [6, 6.07) is 3.98. The lowest BCUT2D eigenvalue weighted by molar-refractivity contribution is -0.116. The fourth-order valence-corrected chi connectivity index (χ4v) is 5.89. The first kappa shape index (κ1) is 22.5. The van der Waals surface area contributed by atoms with Crippen LogP contribution < -0.4 is 10.9 Å². The molecule has 2 aliphatic rings. The zero-order valence-corrected chi connectivity index (χ0v) is 19.6. The van der Waals surface area contributed by atoms with Crippen molar-refractivity contribution in [2.45, 2.75) is 38.8 Å². The molecule has 0 bridgehead atoms. The zero-order chi connectivity index (χ0) is 22.9. The summed E-state index contributed by atoms with van der Waals surface area (Å²) < 4.78 is 20.4. The van der Waals surface area contributed by atoms with Crippen molar-refractivity contribution in [3.8, 4) is 0 Å². The van der Waals surface area contributed by atoms with Crippen LogP contribution in [-0.2, 0) is 35.5 Å².